The number of methoxy groups -OCH3 is 1. The average molecular weight is 457 g/mol. The van der Waals surface area contributed by atoms with Crippen LogP contribution >= 0.6 is 11.3 Å². The van der Waals surface area contributed by atoms with Crippen molar-refractivity contribution in [2.45, 2.75) is 6.92 Å². The fourth-order valence-corrected chi connectivity index (χ4v) is 4.21. The van der Waals surface area contributed by atoms with E-state index in [1.807, 2.05) is 0 Å². The molecule has 10 heteroatoms. The number of para-hydroxylation sites is 1. The van der Waals surface area contributed by atoms with E-state index in [1.165, 1.54) is 20.2 Å². The molecule has 0 aliphatic rings. The first-order valence-corrected chi connectivity index (χ1v) is 10.2. The van der Waals surface area contributed by atoms with Gasteiger partial charge in [0, 0.05) is 23.1 Å². The Hall–Kier alpha value is -3.79. The highest BCUT2D eigenvalue weighted by molar-refractivity contribution is 7.17. The van der Waals surface area contributed by atoms with Crippen molar-refractivity contribution in [1.29, 1.82) is 0 Å². The van der Waals surface area contributed by atoms with Crippen LogP contribution in [0.3, 0.4) is 0 Å². The van der Waals surface area contributed by atoms with E-state index in [9.17, 15) is 18.4 Å². The molecule has 1 amide bonds. The fourth-order valence-electron chi connectivity index (χ4n) is 3.12. The van der Waals surface area contributed by atoms with Crippen LogP contribution in [0.1, 0.15) is 15.2 Å². The van der Waals surface area contributed by atoms with E-state index in [4.69, 9.17) is 9.15 Å². The summed E-state index contributed by atoms with van der Waals surface area (Å²) in [6, 6.07) is 10.2. The van der Waals surface area contributed by atoms with Gasteiger partial charge in [-0.2, -0.15) is 4.68 Å². The second-order valence-corrected chi connectivity index (χ2v) is 7.94. The Morgan fingerprint density at radius 3 is 2.53 bits per heavy atom. The monoisotopic (exact) mass is 457 g/mol. The number of rotatable bonds is 5. The molecule has 0 bridgehead atoms. The number of carbonyl (C=O) groups excluding carboxylic acids is 1. The Morgan fingerprint density at radius 1 is 1.19 bits per heavy atom. The molecule has 2 aromatic heterocycles. The maximum absolute atomic E-state index is 13.9. The van der Waals surface area contributed by atoms with Crippen molar-refractivity contribution in [2.75, 3.05) is 12.4 Å². The molecule has 0 unspecified atom stereocenters. The molecule has 164 valence electrons. The Labute approximate surface area is 184 Å². The molecule has 0 radical (unpaired) electrons. The first-order chi connectivity index (χ1) is 15.3. The molecule has 0 atom stereocenters. The second kappa shape index (κ2) is 8.39. The van der Waals surface area contributed by atoms with Gasteiger partial charge in [0.2, 0.25) is 5.89 Å². The molecule has 0 aliphatic carbocycles. The molecule has 2 heterocycles. The van der Waals surface area contributed by atoms with Gasteiger partial charge in [0.25, 0.3) is 5.91 Å². The Morgan fingerprint density at radius 2 is 1.91 bits per heavy atom. The smallest absolute Gasteiger partial charge is 0.437 e. The maximum Gasteiger partial charge on any atom is 0.437 e. The summed E-state index contributed by atoms with van der Waals surface area (Å²) < 4.78 is 39.5. The Bertz CT molecular complexity index is 1370. The highest BCUT2D eigenvalue weighted by atomic mass is 32.1. The largest absolute Gasteiger partial charge is 0.496 e. The zero-order valence-electron chi connectivity index (χ0n) is 17.2. The van der Waals surface area contributed by atoms with Crippen LogP contribution in [0.25, 0.3) is 21.9 Å². The Balaban J connectivity index is 1.72. The van der Waals surface area contributed by atoms with Gasteiger partial charge < -0.3 is 14.5 Å². The van der Waals surface area contributed by atoms with E-state index in [-0.39, 0.29) is 5.89 Å². The summed E-state index contributed by atoms with van der Waals surface area (Å²) in [5, 5.41) is 6.35. The van der Waals surface area contributed by atoms with Gasteiger partial charge in [0.1, 0.15) is 23.1 Å². The number of ether oxygens (including phenoxy) is 1. The van der Waals surface area contributed by atoms with Gasteiger partial charge in [-0.15, -0.1) is 16.4 Å². The highest BCUT2D eigenvalue weighted by Gasteiger charge is 2.20. The van der Waals surface area contributed by atoms with E-state index >= 15 is 0 Å². The highest BCUT2D eigenvalue weighted by Crippen LogP contribution is 2.39. The number of aromatic nitrogens is 2. The van der Waals surface area contributed by atoms with E-state index in [1.54, 1.807) is 31.2 Å². The van der Waals surface area contributed by atoms with E-state index in [0.717, 1.165) is 28.2 Å². The van der Waals surface area contributed by atoms with Gasteiger partial charge >= 0.3 is 5.76 Å². The molecule has 0 aliphatic heterocycles. The standard InChI is InChI=1S/C22H17F2N3O4S/c1-11-9-17(32-19(11)20(28)25-18-14(23)5-4-6-15(18)24)13-10-12(7-8-16(13)30-3)21-26-27(2)22(29)31-21/h4-10H,1-3H3,(H,25,28). The van der Waals surface area contributed by atoms with Gasteiger partial charge in [-0.05, 0) is 48.9 Å². The summed E-state index contributed by atoms with van der Waals surface area (Å²) in [5.41, 5.74) is 1.30. The molecule has 2 aromatic carbocycles. The number of halogens is 2. The maximum atomic E-state index is 13.9. The third kappa shape index (κ3) is 3.92. The predicted octanol–water partition coefficient (Wildman–Crippen LogP) is 4.62. The number of benzene rings is 2. The lowest BCUT2D eigenvalue weighted by molar-refractivity contribution is 0.102. The molecular formula is C22H17F2N3O4S. The lowest BCUT2D eigenvalue weighted by Crippen LogP contribution is -2.13. The molecule has 4 aromatic rings. The summed E-state index contributed by atoms with van der Waals surface area (Å²) in [6.45, 7) is 1.72. The normalized spacial score (nSPS) is 10.9. The van der Waals surface area contributed by atoms with Crippen molar-refractivity contribution in [2.24, 2.45) is 7.05 Å². The van der Waals surface area contributed by atoms with Gasteiger partial charge in [-0.1, -0.05) is 6.07 Å². The van der Waals surface area contributed by atoms with Gasteiger partial charge in [0.15, 0.2) is 0 Å². The topological polar surface area (TPSA) is 86.4 Å². The fraction of sp³-hybridized carbons (Fsp3) is 0.136. The third-order valence-electron chi connectivity index (χ3n) is 4.73. The van der Waals surface area contributed by atoms with E-state index in [2.05, 4.69) is 10.4 Å². The average Bonchev–Trinajstić information content (AvgIpc) is 3.32. The number of hydrogen-bond acceptors (Lipinski definition) is 6. The Kier molecular flexibility index (Phi) is 5.62. The lowest BCUT2D eigenvalue weighted by atomic mass is 10.1. The second-order valence-electron chi connectivity index (χ2n) is 6.89. The number of aryl methyl sites for hydroxylation is 2. The molecule has 1 N–H and O–H groups in total. The van der Waals surface area contributed by atoms with Crippen molar-refractivity contribution in [3.63, 3.8) is 0 Å². The quantitative estimate of drug-likeness (QED) is 0.473. The van der Waals surface area contributed by atoms with Crippen LogP contribution < -0.4 is 15.8 Å². The molecule has 0 saturated heterocycles. The predicted molar refractivity (Wildman–Crippen MR) is 116 cm³/mol. The minimum atomic E-state index is -0.862. The van der Waals surface area contributed by atoms with E-state index < -0.39 is 29.0 Å². The summed E-state index contributed by atoms with van der Waals surface area (Å²) in [4.78, 5) is 25.3. The minimum Gasteiger partial charge on any atom is -0.496 e. The molecule has 0 fully saturated rings. The number of hydrogen-bond donors (Lipinski definition) is 1. The minimum absolute atomic E-state index is 0.141. The van der Waals surface area contributed by atoms with Gasteiger partial charge in [-0.3, -0.25) is 4.79 Å². The summed E-state index contributed by atoms with van der Waals surface area (Å²) in [6.07, 6.45) is 0. The van der Waals surface area contributed by atoms with Crippen molar-refractivity contribution >= 4 is 22.9 Å². The van der Waals surface area contributed by atoms with Crippen LogP contribution in [-0.4, -0.2) is 22.8 Å². The number of nitrogens with zero attached hydrogens (tertiary/aromatic N) is 2. The van der Waals surface area contributed by atoms with Crippen LogP contribution in [0.4, 0.5) is 14.5 Å². The van der Waals surface area contributed by atoms with Crippen LogP contribution in [0.5, 0.6) is 5.75 Å². The molecular weight excluding hydrogens is 440 g/mol. The number of carbonyl (C=O) groups is 1. The molecule has 0 saturated carbocycles. The van der Waals surface area contributed by atoms with Crippen LogP contribution in [0.15, 0.2) is 51.7 Å². The number of thiophene rings is 1. The third-order valence-corrected chi connectivity index (χ3v) is 6.00. The van der Waals surface area contributed by atoms with Crippen molar-refractivity contribution in [3.05, 3.63) is 75.1 Å². The molecule has 4 rings (SSSR count). The number of amides is 1. The zero-order chi connectivity index (χ0) is 23.0. The lowest BCUT2D eigenvalue weighted by Gasteiger charge is -2.08. The zero-order valence-corrected chi connectivity index (χ0v) is 18.0. The van der Waals surface area contributed by atoms with Gasteiger partial charge in [0.05, 0.1) is 12.0 Å². The summed E-state index contributed by atoms with van der Waals surface area (Å²) in [5.74, 6) is -2.28. The number of nitrogens with one attached hydrogen (secondary N) is 1. The van der Waals surface area contributed by atoms with Crippen LogP contribution in [-0.2, 0) is 7.05 Å². The SMILES string of the molecule is COc1ccc(-c2nn(C)c(=O)o2)cc1-c1cc(C)c(C(=O)Nc2c(F)cccc2F)s1. The van der Waals surface area contributed by atoms with Crippen molar-refractivity contribution < 1.29 is 22.7 Å². The summed E-state index contributed by atoms with van der Waals surface area (Å²) in [7, 11) is 2.99. The molecule has 32 heavy (non-hydrogen) atoms. The van der Waals surface area contributed by atoms with Crippen molar-refractivity contribution in [3.8, 4) is 27.6 Å². The first-order valence-electron chi connectivity index (χ1n) is 9.37. The molecule has 7 nitrogen and oxygen atoms in total. The number of anilines is 1. The van der Waals surface area contributed by atoms with E-state index in [0.29, 0.717) is 32.2 Å². The van der Waals surface area contributed by atoms with Crippen LogP contribution in [0, 0.1) is 18.6 Å². The van der Waals surface area contributed by atoms with Gasteiger partial charge in [-0.25, -0.2) is 13.6 Å². The molecule has 0 spiro atoms. The van der Waals surface area contributed by atoms with Crippen LogP contribution in [0.2, 0.25) is 0 Å². The van der Waals surface area contributed by atoms with Crippen molar-refractivity contribution in [1.82, 2.24) is 9.78 Å². The summed E-state index contributed by atoms with van der Waals surface area (Å²) >= 11 is 1.14. The first kappa shape index (κ1) is 21.4.